The lowest BCUT2D eigenvalue weighted by molar-refractivity contribution is -0.146. The van der Waals surface area contributed by atoms with Gasteiger partial charge in [-0.2, -0.15) is 0 Å². The first kappa shape index (κ1) is 12.8. The molecule has 18 heavy (non-hydrogen) atoms. The van der Waals surface area contributed by atoms with Crippen LogP contribution in [-0.4, -0.2) is 47.9 Å². The van der Waals surface area contributed by atoms with Crippen molar-refractivity contribution in [2.75, 3.05) is 26.2 Å². The fourth-order valence-electron chi connectivity index (χ4n) is 1.66. The van der Waals surface area contributed by atoms with Gasteiger partial charge in [-0.1, -0.05) is 11.3 Å². The molecule has 0 spiro atoms. The number of thiazole rings is 1. The van der Waals surface area contributed by atoms with Crippen molar-refractivity contribution in [2.24, 2.45) is 0 Å². The van der Waals surface area contributed by atoms with E-state index < -0.39 is 11.8 Å². The Hall–Kier alpha value is -1.67. The number of carbonyl (C=O) groups is 2. The van der Waals surface area contributed by atoms with Crippen molar-refractivity contribution in [1.29, 1.82) is 0 Å². The number of amides is 2. The smallest absolute Gasteiger partial charge is 0.311 e. The molecule has 0 aromatic carbocycles. The predicted octanol–water partition coefficient (Wildman–Crippen LogP) is -1.52. The molecule has 0 unspecified atom stereocenters. The van der Waals surface area contributed by atoms with Gasteiger partial charge in [-0.25, -0.2) is 0 Å². The van der Waals surface area contributed by atoms with Crippen LogP contribution in [0.2, 0.25) is 0 Å². The number of aromatic amines is 1. The summed E-state index contributed by atoms with van der Waals surface area (Å²) in [6.45, 7) is 2.66. The zero-order valence-corrected chi connectivity index (χ0v) is 10.5. The minimum Gasteiger partial charge on any atom is -0.342 e. The monoisotopic (exact) mass is 270 g/mol. The molecule has 8 heteroatoms. The summed E-state index contributed by atoms with van der Waals surface area (Å²) in [6.07, 6.45) is 0. The normalized spacial score (nSPS) is 15.4. The molecule has 1 fully saturated rings. The number of rotatable bonds is 2. The van der Waals surface area contributed by atoms with Gasteiger partial charge in [0.2, 0.25) is 0 Å². The number of nitrogens with one attached hydrogen (secondary N) is 3. The average molecular weight is 270 g/mol. The minimum atomic E-state index is -0.635. The molecule has 2 rings (SSSR count). The topological polar surface area (TPSA) is 94.3 Å². The van der Waals surface area contributed by atoms with E-state index in [4.69, 9.17) is 0 Å². The van der Waals surface area contributed by atoms with Gasteiger partial charge in [0.1, 0.15) is 0 Å². The van der Waals surface area contributed by atoms with E-state index in [1.54, 1.807) is 5.38 Å². The van der Waals surface area contributed by atoms with Crippen LogP contribution in [0.4, 0.5) is 0 Å². The van der Waals surface area contributed by atoms with Crippen molar-refractivity contribution in [3.8, 4) is 0 Å². The molecule has 0 bridgehead atoms. The van der Waals surface area contributed by atoms with Crippen molar-refractivity contribution in [3.63, 3.8) is 0 Å². The molecule has 1 saturated heterocycles. The number of aromatic nitrogens is 1. The second kappa shape index (κ2) is 5.78. The standard InChI is InChI=1S/C10H14N4O3S/c15-8(9(16)14-3-1-11-2-4-14)12-5-7-6-18-10(17)13-7/h6,11H,1-5H2,(H,12,15)(H,13,17). The Bertz CT molecular complexity index is 489. The highest BCUT2D eigenvalue weighted by molar-refractivity contribution is 7.07. The van der Waals surface area contributed by atoms with Crippen LogP contribution in [0, 0.1) is 0 Å². The van der Waals surface area contributed by atoms with Gasteiger partial charge in [0.25, 0.3) is 0 Å². The molecule has 98 valence electrons. The summed E-state index contributed by atoms with van der Waals surface area (Å²) in [4.78, 5) is 38.1. The van der Waals surface area contributed by atoms with E-state index in [1.165, 1.54) is 4.90 Å². The number of carbonyl (C=O) groups excluding carboxylic acids is 2. The molecule has 0 atom stereocenters. The van der Waals surface area contributed by atoms with Gasteiger partial charge in [0, 0.05) is 37.3 Å². The number of H-pyrrole nitrogens is 1. The lowest BCUT2D eigenvalue weighted by atomic mass is 10.3. The fourth-order valence-corrected chi connectivity index (χ4v) is 2.24. The molecular formula is C10H14N4O3S. The van der Waals surface area contributed by atoms with Crippen molar-refractivity contribution in [2.45, 2.75) is 6.54 Å². The van der Waals surface area contributed by atoms with Gasteiger partial charge >= 0.3 is 16.7 Å². The third-order valence-corrected chi connectivity index (χ3v) is 3.33. The molecule has 1 aromatic heterocycles. The third-order valence-electron chi connectivity index (χ3n) is 2.61. The Morgan fingerprint density at radius 2 is 2.11 bits per heavy atom. The molecule has 0 saturated carbocycles. The summed E-state index contributed by atoms with van der Waals surface area (Å²) in [6, 6.07) is 0. The Labute approximate surface area is 107 Å². The molecular weight excluding hydrogens is 256 g/mol. The lowest BCUT2D eigenvalue weighted by Gasteiger charge is -2.26. The van der Waals surface area contributed by atoms with Crippen LogP contribution in [0.5, 0.6) is 0 Å². The van der Waals surface area contributed by atoms with Crippen LogP contribution in [0.3, 0.4) is 0 Å². The first-order valence-corrected chi connectivity index (χ1v) is 6.49. The van der Waals surface area contributed by atoms with E-state index >= 15 is 0 Å². The molecule has 7 nitrogen and oxygen atoms in total. The largest absolute Gasteiger partial charge is 0.342 e. The Kier molecular flexibility index (Phi) is 4.11. The molecule has 3 N–H and O–H groups in total. The molecule has 2 amide bonds. The molecule has 1 aliphatic rings. The first-order chi connectivity index (χ1) is 8.66. The van der Waals surface area contributed by atoms with E-state index in [9.17, 15) is 14.4 Å². The quantitative estimate of drug-likeness (QED) is 0.569. The summed E-state index contributed by atoms with van der Waals surface area (Å²) in [5.74, 6) is -1.15. The van der Waals surface area contributed by atoms with E-state index in [-0.39, 0.29) is 11.4 Å². The summed E-state index contributed by atoms with van der Waals surface area (Å²) in [5, 5.41) is 7.22. The Morgan fingerprint density at radius 1 is 1.39 bits per heavy atom. The number of nitrogens with zero attached hydrogens (tertiary/aromatic N) is 1. The maximum atomic E-state index is 11.7. The molecule has 0 aliphatic carbocycles. The van der Waals surface area contributed by atoms with Crippen molar-refractivity contribution < 1.29 is 9.59 Å². The Balaban J connectivity index is 1.83. The van der Waals surface area contributed by atoms with Gasteiger partial charge in [0.15, 0.2) is 0 Å². The zero-order valence-electron chi connectivity index (χ0n) is 9.69. The van der Waals surface area contributed by atoms with Crippen molar-refractivity contribution in [3.05, 3.63) is 20.7 Å². The summed E-state index contributed by atoms with van der Waals surface area (Å²) in [7, 11) is 0. The maximum absolute atomic E-state index is 11.7. The van der Waals surface area contributed by atoms with E-state index in [2.05, 4.69) is 15.6 Å². The second-order valence-electron chi connectivity index (χ2n) is 3.90. The third kappa shape index (κ3) is 3.17. The van der Waals surface area contributed by atoms with Gasteiger partial charge in [-0.15, -0.1) is 0 Å². The van der Waals surface area contributed by atoms with Crippen LogP contribution in [0.1, 0.15) is 5.69 Å². The van der Waals surface area contributed by atoms with Crippen LogP contribution >= 0.6 is 11.3 Å². The number of piperazine rings is 1. The summed E-state index contributed by atoms with van der Waals surface area (Å²) in [5.41, 5.74) is 0.603. The highest BCUT2D eigenvalue weighted by Crippen LogP contribution is 1.96. The number of hydrogen-bond donors (Lipinski definition) is 3. The van der Waals surface area contributed by atoms with E-state index in [0.29, 0.717) is 31.9 Å². The zero-order chi connectivity index (χ0) is 13.0. The van der Waals surface area contributed by atoms with Crippen LogP contribution < -0.4 is 15.5 Å². The van der Waals surface area contributed by atoms with Gasteiger partial charge in [-0.05, 0) is 0 Å². The molecule has 1 aromatic rings. The average Bonchev–Trinajstić information content (AvgIpc) is 2.82. The van der Waals surface area contributed by atoms with Crippen molar-refractivity contribution >= 4 is 23.2 Å². The second-order valence-corrected chi connectivity index (χ2v) is 4.74. The maximum Gasteiger partial charge on any atom is 0.311 e. The Morgan fingerprint density at radius 3 is 2.72 bits per heavy atom. The molecule has 0 radical (unpaired) electrons. The lowest BCUT2D eigenvalue weighted by Crippen LogP contribution is -2.51. The highest BCUT2D eigenvalue weighted by Gasteiger charge is 2.22. The van der Waals surface area contributed by atoms with Gasteiger partial charge < -0.3 is 20.5 Å². The fraction of sp³-hybridized carbons (Fsp3) is 0.500. The predicted molar refractivity (Wildman–Crippen MR) is 66.2 cm³/mol. The summed E-state index contributed by atoms with van der Waals surface area (Å²) < 4.78 is 0. The SMILES string of the molecule is O=C(NCc1csc(=O)[nH]1)C(=O)N1CCNCC1. The van der Waals surface area contributed by atoms with Gasteiger partial charge in [-0.3, -0.25) is 14.4 Å². The van der Waals surface area contributed by atoms with E-state index in [0.717, 1.165) is 11.3 Å². The minimum absolute atomic E-state index is 0.162. The van der Waals surface area contributed by atoms with Crippen LogP contribution in [-0.2, 0) is 16.1 Å². The van der Waals surface area contributed by atoms with E-state index in [1.807, 2.05) is 0 Å². The van der Waals surface area contributed by atoms with Crippen LogP contribution in [0.15, 0.2) is 10.2 Å². The highest BCUT2D eigenvalue weighted by atomic mass is 32.1. The number of hydrogen-bond acceptors (Lipinski definition) is 5. The van der Waals surface area contributed by atoms with Crippen molar-refractivity contribution in [1.82, 2.24) is 20.5 Å². The molecule has 2 heterocycles. The summed E-state index contributed by atoms with van der Waals surface area (Å²) >= 11 is 1.03. The first-order valence-electron chi connectivity index (χ1n) is 5.61. The van der Waals surface area contributed by atoms with Crippen LogP contribution in [0.25, 0.3) is 0 Å². The molecule has 1 aliphatic heterocycles. The van der Waals surface area contributed by atoms with Gasteiger partial charge in [0.05, 0.1) is 6.54 Å².